The number of rotatable bonds is 5. The molecule has 2 aromatic rings. The molecule has 1 saturated carbocycles. The fourth-order valence-corrected chi connectivity index (χ4v) is 3.49. The standard InChI is InChI=1S/C18H25N5/c1-13-9-14(2)23(21-13)18-6-3-15(11-20-18)10-19-16-7-8-22(12-16)17-4-5-17/h3,6,9,11,16-17,19H,4-5,7-8,10,12H2,1-2H3. The van der Waals surface area contributed by atoms with E-state index in [9.17, 15) is 0 Å². The molecule has 1 aliphatic heterocycles. The van der Waals surface area contributed by atoms with E-state index in [-0.39, 0.29) is 0 Å². The van der Waals surface area contributed by atoms with E-state index in [1.165, 1.54) is 37.9 Å². The topological polar surface area (TPSA) is 46.0 Å². The Morgan fingerprint density at radius 1 is 1.22 bits per heavy atom. The van der Waals surface area contributed by atoms with Crippen molar-refractivity contribution in [3.63, 3.8) is 0 Å². The van der Waals surface area contributed by atoms with E-state index in [0.29, 0.717) is 6.04 Å². The minimum Gasteiger partial charge on any atom is -0.309 e. The minimum absolute atomic E-state index is 0.631. The average Bonchev–Trinajstić information content (AvgIpc) is 3.20. The third-order valence-electron chi connectivity index (χ3n) is 4.91. The molecule has 3 heterocycles. The number of nitrogens with zero attached hydrogens (tertiary/aromatic N) is 4. The normalized spacial score (nSPS) is 21.9. The summed E-state index contributed by atoms with van der Waals surface area (Å²) in [5, 5.41) is 8.16. The van der Waals surface area contributed by atoms with Gasteiger partial charge in [-0.2, -0.15) is 5.10 Å². The molecular formula is C18H25N5. The lowest BCUT2D eigenvalue weighted by atomic mass is 10.2. The van der Waals surface area contributed by atoms with Gasteiger partial charge in [-0.3, -0.25) is 4.90 Å². The maximum Gasteiger partial charge on any atom is 0.153 e. The predicted octanol–water partition coefficient (Wildman–Crippen LogP) is 2.21. The molecule has 0 spiro atoms. The molecule has 1 aliphatic carbocycles. The lowest BCUT2D eigenvalue weighted by Gasteiger charge is -2.15. The van der Waals surface area contributed by atoms with Gasteiger partial charge in [0.1, 0.15) is 0 Å². The highest BCUT2D eigenvalue weighted by molar-refractivity contribution is 5.27. The van der Waals surface area contributed by atoms with Crippen LogP contribution in [-0.4, -0.2) is 44.8 Å². The second-order valence-corrected chi connectivity index (χ2v) is 6.96. The van der Waals surface area contributed by atoms with E-state index in [1.54, 1.807) is 0 Å². The highest BCUT2D eigenvalue weighted by atomic mass is 15.3. The molecule has 1 saturated heterocycles. The molecule has 1 atom stereocenters. The van der Waals surface area contributed by atoms with Crippen molar-refractivity contribution in [2.45, 2.75) is 51.7 Å². The molecule has 0 bridgehead atoms. The summed E-state index contributed by atoms with van der Waals surface area (Å²) in [6.07, 6.45) is 6.05. The third-order valence-corrected chi connectivity index (χ3v) is 4.91. The van der Waals surface area contributed by atoms with Crippen molar-refractivity contribution in [3.05, 3.63) is 41.3 Å². The van der Waals surface area contributed by atoms with Crippen LogP contribution in [0.1, 0.15) is 36.2 Å². The zero-order chi connectivity index (χ0) is 15.8. The summed E-state index contributed by atoms with van der Waals surface area (Å²) in [6.45, 7) is 7.43. The Balaban J connectivity index is 1.34. The Hall–Kier alpha value is -1.72. The van der Waals surface area contributed by atoms with Gasteiger partial charge in [0.2, 0.25) is 0 Å². The highest BCUT2D eigenvalue weighted by Crippen LogP contribution is 2.29. The SMILES string of the molecule is Cc1cc(C)n(-c2ccc(CNC3CCN(C4CC4)C3)cn2)n1. The second kappa shape index (κ2) is 6.06. The molecule has 4 rings (SSSR count). The first-order valence-corrected chi connectivity index (χ1v) is 8.65. The predicted molar refractivity (Wildman–Crippen MR) is 90.7 cm³/mol. The molecule has 2 aromatic heterocycles. The van der Waals surface area contributed by atoms with E-state index in [0.717, 1.165) is 29.8 Å². The summed E-state index contributed by atoms with van der Waals surface area (Å²) < 4.78 is 1.90. The highest BCUT2D eigenvalue weighted by Gasteiger charge is 2.33. The van der Waals surface area contributed by atoms with Crippen LogP contribution in [0.4, 0.5) is 0 Å². The van der Waals surface area contributed by atoms with Crippen LogP contribution < -0.4 is 5.32 Å². The lowest BCUT2D eigenvalue weighted by molar-refractivity contribution is 0.317. The molecule has 2 fully saturated rings. The van der Waals surface area contributed by atoms with Gasteiger partial charge in [0, 0.05) is 43.6 Å². The Labute approximate surface area is 137 Å². The molecule has 23 heavy (non-hydrogen) atoms. The van der Waals surface area contributed by atoms with Gasteiger partial charge in [-0.25, -0.2) is 9.67 Å². The van der Waals surface area contributed by atoms with Crippen LogP contribution in [0.5, 0.6) is 0 Å². The zero-order valence-electron chi connectivity index (χ0n) is 14.0. The molecule has 0 radical (unpaired) electrons. The summed E-state index contributed by atoms with van der Waals surface area (Å²) in [4.78, 5) is 7.21. The van der Waals surface area contributed by atoms with E-state index < -0.39 is 0 Å². The van der Waals surface area contributed by atoms with Crippen molar-refractivity contribution in [1.29, 1.82) is 0 Å². The van der Waals surface area contributed by atoms with E-state index in [4.69, 9.17) is 0 Å². The second-order valence-electron chi connectivity index (χ2n) is 6.96. The van der Waals surface area contributed by atoms with Crippen molar-refractivity contribution in [1.82, 2.24) is 25.0 Å². The maximum absolute atomic E-state index is 4.57. The number of likely N-dealkylation sites (tertiary alicyclic amines) is 1. The molecule has 5 heteroatoms. The van der Waals surface area contributed by atoms with Gasteiger partial charge in [-0.1, -0.05) is 6.07 Å². The fourth-order valence-electron chi connectivity index (χ4n) is 3.49. The molecule has 1 unspecified atom stereocenters. The summed E-state index contributed by atoms with van der Waals surface area (Å²) in [5.41, 5.74) is 3.38. The van der Waals surface area contributed by atoms with Crippen LogP contribution in [-0.2, 0) is 6.54 Å². The van der Waals surface area contributed by atoms with Gasteiger partial charge < -0.3 is 5.32 Å². The molecular weight excluding hydrogens is 286 g/mol. The zero-order valence-corrected chi connectivity index (χ0v) is 14.0. The van der Waals surface area contributed by atoms with Crippen LogP contribution in [0.3, 0.4) is 0 Å². The van der Waals surface area contributed by atoms with E-state index in [1.807, 2.05) is 17.8 Å². The number of aromatic nitrogens is 3. The molecule has 0 amide bonds. The minimum atomic E-state index is 0.631. The third kappa shape index (κ3) is 3.31. The van der Waals surface area contributed by atoms with Crippen molar-refractivity contribution < 1.29 is 0 Å². The van der Waals surface area contributed by atoms with E-state index in [2.05, 4.69) is 45.4 Å². The van der Waals surface area contributed by atoms with Crippen LogP contribution >= 0.6 is 0 Å². The Morgan fingerprint density at radius 3 is 2.74 bits per heavy atom. The summed E-state index contributed by atoms with van der Waals surface area (Å²) in [7, 11) is 0. The first-order chi connectivity index (χ1) is 11.2. The van der Waals surface area contributed by atoms with Crippen molar-refractivity contribution in [3.8, 4) is 5.82 Å². The number of hydrogen-bond donors (Lipinski definition) is 1. The molecule has 1 N–H and O–H groups in total. The monoisotopic (exact) mass is 311 g/mol. The smallest absolute Gasteiger partial charge is 0.153 e. The summed E-state index contributed by atoms with van der Waals surface area (Å²) in [5.74, 6) is 0.889. The molecule has 122 valence electrons. The lowest BCUT2D eigenvalue weighted by Crippen LogP contribution is -2.32. The van der Waals surface area contributed by atoms with Crippen molar-refractivity contribution in [2.75, 3.05) is 13.1 Å². The maximum atomic E-state index is 4.57. The quantitative estimate of drug-likeness (QED) is 0.919. The fraction of sp³-hybridized carbons (Fsp3) is 0.556. The van der Waals surface area contributed by atoms with Gasteiger partial charge in [0.25, 0.3) is 0 Å². The van der Waals surface area contributed by atoms with Crippen LogP contribution in [0.25, 0.3) is 5.82 Å². The number of nitrogens with one attached hydrogen (secondary N) is 1. The molecule has 5 nitrogen and oxygen atoms in total. The van der Waals surface area contributed by atoms with Gasteiger partial charge in [-0.05, 0) is 50.8 Å². The van der Waals surface area contributed by atoms with Gasteiger partial charge in [0.15, 0.2) is 5.82 Å². The molecule has 0 aromatic carbocycles. The van der Waals surface area contributed by atoms with Gasteiger partial charge in [0.05, 0.1) is 5.69 Å². The first-order valence-electron chi connectivity index (χ1n) is 8.65. The first kappa shape index (κ1) is 14.8. The van der Waals surface area contributed by atoms with Gasteiger partial charge in [-0.15, -0.1) is 0 Å². The largest absolute Gasteiger partial charge is 0.309 e. The number of hydrogen-bond acceptors (Lipinski definition) is 4. The van der Waals surface area contributed by atoms with Crippen LogP contribution in [0, 0.1) is 13.8 Å². The Bertz CT molecular complexity index is 671. The van der Waals surface area contributed by atoms with E-state index >= 15 is 0 Å². The molecule has 2 aliphatic rings. The van der Waals surface area contributed by atoms with Crippen molar-refractivity contribution >= 4 is 0 Å². The number of pyridine rings is 1. The van der Waals surface area contributed by atoms with Crippen molar-refractivity contribution in [2.24, 2.45) is 0 Å². The summed E-state index contributed by atoms with van der Waals surface area (Å²) in [6, 6.07) is 7.80. The van der Waals surface area contributed by atoms with Crippen LogP contribution in [0.15, 0.2) is 24.4 Å². The Kier molecular flexibility index (Phi) is 3.91. The van der Waals surface area contributed by atoms with Crippen LogP contribution in [0.2, 0.25) is 0 Å². The Morgan fingerprint density at radius 2 is 2.09 bits per heavy atom. The average molecular weight is 311 g/mol. The summed E-state index contributed by atoms with van der Waals surface area (Å²) >= 11 is 0. The van der Waals surface area contributed by atoms with Gasteiger partial charge >= 0.3 is 0 Å². The number of aryl methyl sites for hydroxylation is 2.